The summed E-state index contributed by atoms with van der Waals surface area (Å²) in [6.45, 7) is 2.45. The fraction of sp³-hybridized carbons (Fsp3) is 0.174. The SMILES string of the molecule is CCc1ccc(NC(=O)c2ccc3c(c2)CCN3S(=O)(=O)c2ccccc2)cc1. The lowest BCUT2D eigenvalue weighted by Crippen LogP contribution is -2.29. The van der Waals surface area contributed by atoms with E-state index in [1.807, 2.05) is 24.3 Å². The number of rotatable bonds is 5. The quantitative estimate of drug-likeness (QED) is 0.689. The minimum absolute atomic E-state index is 0.207. The predicted octanol–water partition coefficient (Wildman–Crippen LogP) is 4.25. The molecule has 4 rings (SSSR count). The largest absolute Gasteiger partial charge is 0.322 e. The van der Waals surface area contributed by atoms with Gasteiger partial charge in [0.05, 0.1) is 10.6 Å². The van der Waals surface area contributed by atoms with Crippen molar-refractivity contribution in [2.24, 2.45) is 0 Å². The summed E-state index contributed by atoms with van der Waals surface area (Å²) in [6.07, 6.45) is 1.52. The summed E-state index contributed by atoms with van der Waals surface area (Å²) in [5.41, 5.74) is 3.96. The average Bonchev–Trinajstić information content (AvgIpc) is 3.19. The van der Waals surface area contributed by atoms with Crippen LogP contribution in [0.2, 0.25) is 0 Å². The van der Waals surface area contributed by atoms with Crippen molar-refractivity contribution in [2.45, 2.75) is 24.7 Å². The fourth-order valence-electron chi connectivity index (χ4n) is 3.51. The molecule has 0 fully saturated rings. The Balaban J connectivity index is 1.56. The van der Waals surface area contributed by atoms with Crippen LogP contribution in [-0.4, -0.2) is 20.9 Å². The fourth-order valence-corrected chi connectivity index (χ4v) is 5.03. The Labute approximate surface area is 171 Å². The van der Waals surface area contributed by atoms with Crippen molar-refractivity contribution in [1.29, 1.82) is 0 Å². The van der Waals surface area contributed by atoms with E-state index >= 15 is 0 Å². The van der Waals surface area contributed by atoms with E-state index in [1.54, 1.807) is 48.5 Å². The Hall–Kier alpha value is -3.12. The van der Waals surface area contributed by atoms with E-state index in [2.05, 4.69) is 12.2 Å². The summed E-state index contributed by atoms with van der Waals surface area (Å²) >= 11 is 0. The zero-order chi connectivity index (χ0) is 20.4. The molecule has 1 amide bonds. The number of fused-ring (bicyclic) bond motifs is 1. The molecular weight excluding hydrogens is 384 g/mol. The maximum absolute atomic E-state index is 13.0. The molecule has 1 aliphatic heterocycles. The summed E-state index contributed by atoms with van der Waals surface area (Å²) in [5, 5.41) is 2.90. The topological polar surface area (TPSA) is 66.5 Å². The van der Waals surface area contributed by atoms with Crippen molar-refractivity contribution in [2.75, 3.05) is 16.2 Å². The van der Waals surface area contributed by atoms with Crippen LogP contribution in [0.25, 0.3) is 0 Å². The van der Waals surface area contributed by atoms with E-state index in [1.165, 1.54) is 9.87 Å². The molecule has 3 aromatic carbocycles. The van der Waals surface area contributed by atoms with Gasteiger partial charge in [0.1, 0.15) is 0 Å². The normalized spacial score (nSPS) is 13.2. The van der Waals surface area contributed by atoms with E-state index in [4.69, 9.17) is 0 Å². The molecule has 0 bridgehead atoms. The standard InChI is InChI=1S/C23H22N2O3S/c1-2-17-8-11-20(12-9-17)24-23(26)19-10-13-22-18(16-19)14-15-25(22)29(27,28)21-6-4-3-5-7-21/h3-13,16H,2,14-15H2,1H3,(H,24,26). The van der Waals surface area contributed by atoms with Gasteiger partial charge in [0.2, 0.25) is 0 Å². The van der Waals surface area contributed by atoms with E-state index in [0.29, 0.717) is 24.2 Å². The number of nitrogens with zero attached hydrogens (tertiary/aromatic N) is 1. The number of carbonyl (C=O) groups excluding carboxylic acids is 1. The molecule has 1 heterocycles. The Morgan fingerprint density at radius 1 is 1.00 bits per heavy atom. The van der Waals surface area contributed by atoms with E-state index in [9.17, 15) is 13.2 Å². The maximum atomic E-state index is 13.0. The second kappa shape index (κ2) is 7.72. The van der Waals surface area contributed by atoms with Crippen LogP contribution in [0.1, 0.15) is 28.4 Å². The van der Waals surface area contributed by atoms with Gasteiger partial charge in [0.25, 0.3) is 15.9 Å². The molecule has 0 spiro atoms. The first-order valence-electron chi connectivity index (χ1n) is 9.60. The number of aryl methyl sites for hydroxylation is 1. The lowest BCUT2D eigenvalue weighted by Gasteiger charge is -2.19. The van der Waals surface area contributed by atoms with Crippen LogP contribution in [0.4, 0.5) is 11.4 Å². The second-order valence-electron chi connectivity index (χ2n) is 6.99. The van der Waals surface area contributed by atoms with Crippen molar-refractivity contribution in [3.63, 3.8) is 0 Å². The molecule has 0 radical (unpaired) electrons. The first kappa shape index (κ1) is 19.2. The first-order chi connectivity index (χ1) is 14.0. The van der Waals surface area contributed by atoms with Crippen molar-refractivity contribution >= 4 is 27.3 Å². The Morgan fingerprint density at radius 3 is 2.41 bits per heavy atom. The minimum Gasteiger partial charge on any atom is -0.322 e. The first-order valence-corrected chi connectivity index (χ1v) is 11.0. The van der Waals surface area contributed by atoms with Crippen LogP contribution in [0.5, 0.6) is 0 Å². The number of hydrogen-bond donors (Lipinski definition) is 1. The lowest BCUT2D eigenvalue weighted by atomic mass is 10.1. The summed E-state index contributed by atoms with van der Waals surface area (Å²) in [6, 6.07) is 21.3. The van der Waals surface area contributed by atoms with Gasteiger partial charge in [-0.1, -0.05) is 37.3 Å². The molecule has 1 N–H and O–H groups in total. The molecule has 0 unspecified atom stereocenters. The second-order valence-corrected chi connectivity index (χ2v) is 8.85. The Bertz CT molecular complexity index is 1140. The zero-order valence-corrected chi connectivity index (χ0v) is 16.9. The highest BCUT2D eigenvalue weighted by molar-refractivity contribution is 7.92. The van der Waals surface area contributed by atoms with Gasteiger partial charge >= 0.3 is 0 Å². The molecule has 3 aromatic rings. The molecule has 0 saturated carbocycles. The van der Waals surface area contributed by atoms with E-state index < -0.39 is 10.0 Å². The number of sulfonamides is 1. The molecule has 6 heteroatoms. The van der Waals surface area contributed by atoms with Crippen LogP contribution in [-0.2, 0) is 22.9 Å². The average molecular weight is 407 g/mol. The summed E-state index contributed by atoms with van der Waals surface area (Å²) in [7, 11) is -3.61. The summed E-state index contributed by atoms with van der Waals surface area (Å²) in [5.74, 6) is -0.207. The predicted molar refractivity (Wildman–Crippen MR) is 115 cm³/mol. The van der Waals surface area contributed by atoms with Gasteiger partial charge in [-0.25, -0.2) is 8.42 Å². The van der Waals surface area contributed by atoms with Gasteiger partial charge in [-0.2, -0.15) is 0 Å². The number of carbonyl (C=O) groups is 1. The van der Waals surface area contributed by atoms with E-state index in [-0.39, 0.29) is 10.8 Å². The molecule has 0 aromatic heterocycles. The maximum Gasteiger partial charge on any atom is 0.264 e. The summed E-state index contributed by atoms with van der Waals surface area (Å²) in [4.78, 5) is 12.9. The monoisotopic (exact) mass is 406 g/mol. The van der Waals surface area contributed by atoms with Gasteiger partial charge in [0, 0.05) is 17.8 Å². The Morgan fingerprint density at radius 2 is 1.72 bits per heavy atom. The molecule has 0 atom stereocenters. The third-order valence-electron chi connectivity index (χ3n) is 5.15. The molecule has 0 aliphatic carbocycles. The molecular formula is C23H22N2O3S. The van der Waals surface area contributed by atoms with Crippen LogP contribution in [0.15, 0.2) is 77.7 Å². The van der Waals surface area contributed by atoms with Gasteiger partial charge in [0.15, 0.2) is 0 Å². The number of nitrogens with one attached hydrogen (secondary N) is 1. The van der Waals surface area contributed by atoms with Crippen LogP contribution in [0, 0.1) is 0 Å². The van der Waals surface area contributed by atoms with Gasteiger partial charge in [-0.3, -0.25) is 9.10 Å². The smallest absolute Gasteiger partial charge is 0.264 e. The highest BCUT2D eigenvalue weighted by Gasteiger charge is 2.31. The highest BCUT2D eigenvalue weighted by atomic mass is 32.2. The van der Waals surface area contributed by atoms with Gasteiger partial charge in [-0.05, 0) is 66.4 Å². The van der Waals surface area contributed by atoms with Crippen molar-refractivity contribution in [3.8, 4) is 0 Å². The van der Waals surface area contributed by atoms with Crippen LogP contribution < -0.4 is 9.62 Å². The van der Waals surface area contributed by atoms with Crippen molar-refractivity contribution in [1.82, 2.24) is 0 Å². The molecule has 5 nitrogen and oxygen atoms in total. The number of hydrogen-bond acceptors (Lipinski definition) is 3. The van der Waals surface area contributed by atoms with Gasteiger partial charge in [-0.15, -0.1) is 0 Å². The molecule has 148 valence electrons. The molecule has 0 saturated heterocycles. The number of amides is 1. The number of benzene rings is 3. The minimum atomic E-state index is -3.61. The number of anilines is 2. The van der Waals surface area contributed by atoms with Crippen LogP contribution >= 0.6 is 0 Å². The Kier molecular flexibility index (Phi) is 5.11. The van der Waals surface area contributed by atoms with E-state index in [0.717, 1.165) is 17.7 Å². The third-order valence-corrected chi connectivity index (χ3v) is 6.97. The van der Waals surface area contributed by atoms with Crippen LogP contribution in [0.3, 0.4) is 0 Å². The third kappa shape index (κ3) is 3.76. The van der Waals surface area contributed by atoms with Crippen molar-refractivity contribution in [3.05, 3.63) is 89.5 Å². The molecule has 29 heavy (non-hydrogen) atoms. The van der Waals surface area contributed by atoms with Crippen molar-refractivity contribution < 1.29 is 13.2 Å². The molecule has 1 aliphatic rings. The zero-order valence-electron chi connectivity index (χ0n) is 16.1. The lowest BCUT2D eigenvalue weighted by molar-refractivity contribution is 0.102. The summed E-state index contributed by atoms with van der Waals surface area (Å²) < 4.78 is 27.3. The van der Waals surface area contributed by atoms with Gasteiger partial charge < -0.3 is 5.32 Å². The highest BCUT2D eigenvalue weighted by Crippen LogP contribution is 2.33.